The van der Waals surface area contributed by atoms with Crippen molar-refractivity contribution in [3.8, 4) is 11.5 Å². The molecule has 0 saturated heterocycles. The second kappa shape index (κ2) is 3.58. The van der Waals surface area contributed by atoms with Crippen LogP contribution in [0.3, 0.4) is 0 Å². The maximum Gasteiger partial charge on any atom is 0.346 e. The van der Waals surface area contributed by atoms with E-state index in [1.807, 2.05) is 39.3 Å². The minimum atomic E-state index is 0.575. The molecule has 0 fully saturated rings. The van der Waals surface area contributed by atoms with Crippen molar-refractivity contribution in [1.29, 1.82) is 0 Å². The Bertz CT molecular complexity index is 875. The fraction of sp³-hybridized carbons (Fsp3) is 0.0833. The van der Waals surface area contributed by atoms with Crippen molar-refractivity contribution in [3.05, 3.63) is 43.1 Å². The van der Waals surface area contributed by atoms with E-state index < -0.39 is 0 Å². The van der Waals surface area contributed by atoms with Crippen LogP contribution in [0.1, 0.15) is 0 Å². The third-order valence-corrected chi connectivity index (χ3v) is 3.03. The third-order valence-electron chi connectivity index (χ3n) is 3.03. The molecule has 4 aromatic heterocycles. The largest absolute Gasteiger partial charge is 0.346 e. The molecule has 0 radical (unpaired) electrons. The molecular weight excluding hydrogens is 242 g/mol. The number of aryl methyl sites for hydroxylation is 1. The molecule has 0 aliphatic rings. The fourth-order valence-electron chi connectivity index (χ4n) is 2.14. The summed E-state index contributed by atoms with van der Waals surface area (Å²) in [4.78, 5) is 17.4. The molecule has 0 aromatic carbocycles. The van der Waals surface area contributed by atoms with Crippen LogP contribution in [0.5, 0.6) is 0 Å². The minimum Gasteiger partial charge on any atom is -0.234 e. The molecule has 4 rings (SSSR count). The lowest BCUT2D eigenvalue weighted by molar-refractivity contribution is -0.597. The van der Waals surface area contributed by atoms with Gasteiger partial charge in [-0.2, -0.15) is 4.68 Å². The fourth-order valence-corrected chi connectivity index (χ4v) is 2.14. The summed E-state index contributed by atoms with van der Waals surface area (Å²) in [7, 11) is 1.94. The summed E-state index contributed by atoms with van der Waals surface area (Å²) in [5.74, 6) is 0.575. The Labute approximate surface area is 107 Å². The maximum absolute atomic E-state index is 4.60. The molecule has 0 atom stereocenters. The first-order valence-corrected chi connectivity index (χ1v) is 5.83. The van der Waals surface area contributed by atoms with Gasteiger partial charge in [-0.15, -0.1) is 4.52 Å². The van der Waals surface area contributed by atoms with Crippen LogP contribution in [-0.2, 0) is 7.05 Å². The van der Waals surface area contributed by atoms with Crippen molar-refractivity contribution >= 4 is 11.3 Å². The summed E-state index contributed by atoms with van der Waals surface area (Å²) >= 11 is 0. The van der Waals surface area contributed by atoms with E-state index in [0.717, 1.165) is 11.3 Å². The SMILES string of the molecule is Cn1c2ncc(-c3ncccn3)nc2[n+]2cccn12. The molecule has 0 amide bonds. The Morgan fingerprint density at radius 1 is 1.11 bits per heavy atom. The van der Waals surface area contributed by atoms with E-state index in [1.165, 1.54) is 0 Å². The van der Waals surface area contributed by atoms with E-state index in [-0.39, 0.29) is 0 Å². The van der Waals surface area contributed by atoms with Crippen LogP contribution >= 0.6 is 0 Å². The van der Waals surface area contributed by atoms with Crippen LogP contribution < -0.4 is 4.52 Å². The van der Waals surface area contributed by atoms with Gasteiger partial charge in [0.1, 0.15) is 0 Å². The second-order valence-electron chi connectivity index (χ2n) is 4.15. The lowest BCUT2D eigenvalue weighted by atomic mass is 10.4. The predicted molar refractivity (Wildman–Crippen MR) is 66.1 cm³/mol. The molecule has 0 aliphatic heterocycles. The van der Waals surface area contributed by atoms with Crippen molar-refractivity contribution in [2.45, 2.75) is 0 Å². The Hall–Kier alpha value is -2.83. The molecule has 0 saturated carbocycles. The number of fused-ring (bicyclic) bond motifs is 3. The highest BCUT2D eigenvalue weighted by Gasteiger charge is 2.19. The van der Waals surface area contributed by atoms with Crippen molar-refractivity contribution in [2.75, 3.05) is 0 Å². The summed E-state index contributed by atoms with van der Waals surface area (Å²) in [6.07, 6.45) is 8.96. The van der Waals surface area contributed by atoms with Crippen molar-refractivity contribution in [2.24, 2.45) is 7.05 Å². The van der Waals surface area contributed by atoms with Crippen LogP contribution in [0.4, 0.5) is 0 Å². The monoisotopic (exact) mass is 252 g/mol. The molecule has 0 spiro atoms. The topological polar surface area (TPSA) is 65.0 Å². The Morgan fingerprint density at radius 2 is 1.95 bits per heavy atom. The molecule has 4 heterocycles. The van der Waals surface area contributed by atoms with Gasteiger partial charge in [-0.05, 0) is 12.1 Å². The van der Waals surface area contributed by atoms with Crippen LogP contribution in [0.25, 0.3) is 22.8 Å². The zero-order valence-corrected chi connectivity index (χ0v) is 10.2. The Morgan fingerprint density at radius 3 is 2.79 bits per heavy atom. The zero-order chi connectivity index (χ0) is 12.8. The third kappa shape index (κ3) is 1.35. The molecular formula is C12H10N7+. The quantitative estimate of drug-likeness (QED) is 0.456. The maximum atomic E-state index is 4.60. The summed E-state index contributed by atoms with van der Waals surface area (Å²) in [5.41, 5.74) is 2.24. The van der Waals surface area contributed by atoms with Crippen LogP contribution in [0.2, 0.25) is 0 Å². The Balaban J connectivity index is 2.06. The van der Waals surface area contributed by atoms with E-state index in [0.29, 0.717) is 11.5 Å². The van der Waals surface area contributed by atoms with E-state index in [9.17, 15) is 0 Å². The number of nitrogens with zero attached hydrogens (tertiary/aromatic N) is 7. The van der Waals surface area contributed by atoms with Gasteiger partial charge in [-0.3, -0.25) is 0 Å². The lowest BCUT2D eigenvalue weighted by Gasteiger charge is -1.92. The van der Waals surface area contributed by atoms with E-state index >= 15 is 0 Å². The average molecular weight is 252 g/mol. The molecule has 19 heavy (non-hydrogen) atoms. The number of rotatable bonds is 1. The number of hydrogen-bond acceptors (Lipinski definition) is 4. The predicted octanol–water partition coefficient (Wildman–Crippen LogP) is 0.263. The smallest absolute Gasteiger partial charge is 0.234 e. The van der Waals surface area contributed by atoms with Gasteiger partial charge in [0.2, 0.25) is 5.69 Å². The molecule has 0 bridgehead atoms. The second-order valence-corrected chi connectivity index (χ2v) is 4.15. The van der Waals surface area contributed by atoms with Gasteiger partial charge in [0, 0.05) is 12.4 Å². The first kappa shape index (κ1) is 10.1. The van der Waals surface area contributed by atoms with Gasteiger partial charge >= 0.3 is 5.65 Å². The first-order valence-electron chi connectivity index (χ1n) is 5.83. The van der Waals surface area contributed by atoms with Gasteiger partial charge in [0.15, 0.2) is 5.82 Å². The van der Waals surface area contributed by atoms with Crippen LogP contribution in [0, 0.1) is 0 Å². The van der Waals surface area contributed by atoms with Gasteiger partial charge < -0.3 is 0 Å². The lowest BCUT2D eigenvalue weighted by Crippen LogP contribution is -2.26. The van der Waals surface area contributed by atoms with E-state index in [4.69, 9.17) is 0 Å². The standard InChI is InChI=1S/C12H10N7/c1-17-11-12(18-6-3-7-19(17)18)16-9(8-15-11)10-13-4-2-5-14-10/h2-8H,1H3/q+1. The van der Waals surface area contributed by atoms with Gasteiger partial charge in [0.05, 0.1) is 25.6 Å². The molecule has 4 aromatic rings. The van der Waals surface area contributed by atoms with Gasteiger partial charge in [-0.25, -0.2) is 15.0 Å². The minimum absolute atomic E-state index is 0.575. The zero-order valence-electron chi connectivity index (χ0n) is 10.2. The normalized spacial score (nSPS) is 11.4. The van der Waals surface area contributed by atoms with Crippen molar-refractivity contribution < 1.29 is 4.52 Å². The molecule has 7 nitrogen and oxygen atoms in total. The Kier molecular flexibility index (Phi) is 1.91. The van der Waals surface area contributed by atoms with Gasteiger partial charge in [0.25, 0.3) is 5.65 Å². The summed E-state index contributed by atoms with van der Waals surface area (Å²) in [6, 6.07) is 3.73. The molecule has 7 heteroatoms. The molecule has 92 valence electrons. The summed E-state index contributed by atoms with van der Waals surface area (Å²) in [5, 5.41) is 0. The van der Waals surface area contributed by atoms with Crippen molar-refractivity contribution in [3.63, 3.8) is 0 Å². The number of hydrogen-bond donors (Lipinski definition) is 0. The van der Waals surface area contributed by atoms with Crippen molar-refractivity contribution in [1.82, 2.24) is 29.2 Å². The highest BCUT2D eigenvalue weighted by atomic mass is 15.6. The number of aromatic nitrogens is 7. The molecule has 0 unspecified atom stereocenters. The molecule has 0 N–H and O–H groups in total. The molecule has 0 aliphatic carbocycles. The summed E-state index contributed by atoms with van der Waals surface area (Å²) in [6.45, 7) is 0. The highest BCUT2D eigenvalue weighted by Crippen LogP contribution is 2.12. The van der Waals surface area contributed by atoms with E-state index in [2.05, 4.69) is 19.9 Å². The van der Waals surface area contributed by atoms with Crippen LogP contribution in [0.15, 0.2) is 43.1 Å². The average Bonchev–Trinajstić information content (AvgIpc) is 3.04. The summed E-state index contributed by atoms with van der Waals surface area (Å²) < 4.78 is 5.78. The first-order chi connectivity index (χ1) is 9.34. The van der Waals surface area contributed by atoms with E-state index in [1.54, 1.807) is 24.7 Å². The van der Waals surface area contributed by atoms with Crippen LogP contribution in [-0.4, -0.2) is 29.2 Å². The van der Waals surface area contributed by atoms with Gasteiger partial charge in [-0.1, -0.05) is 9.61 Å². The highest BCUT2D eigenvalue weighted by molar-refractivity contribution is 5.64.